The van der Waals surface area contributed by atoms with Crippen LogP contribution in [0.5, 0.6) is 5.75 Å². The van der Waals surface area contributed by atoms with Gasteiger partial charge in [0, 0.05) is 31.9 Å². The molecule has 3 rings (SSSR count). The maximum atomic E-state index is 5.10. The second-order valence-corrected chi connectivity index (χ2v) is 5.69. The van der Waals surface area contributed by atoms with E-state index in [1.165, 1.54) is 16.8 Å². The molecule has 2 heterocycles. The molecular formula is C17H22N4O. The van der Waals surface area contributed by atoms with E-state index in [1.54, 1.807) is 19.5 Å². The van der Waals surface area contributed by atoms with Crippen LogP contribution in [0.3, 0.4) is 0 Å². The van der Waals surface area contributed by atoms with Crippen LogP contribution in [0.4, 0.5) is 11.6 Å². The summed E-state index contributed by atoms with van der Waals surface area (Å²) in [5.74, 6) is 1.47. The van der Waals surface area contributed by atoms with Gasteiger partial charge in [-0.15, -0.1) is 0 Å². The summed E-state index contributed by atoms with van der Waals surface area (Å²) in [7, 11) is 1.63. The molecule has 1 aromatic heterocycles. The molecule has 0 radical (unpaired) electrons. The quantitative estimate of drug-likeness (QED) is 0.870. The summed E-state index contributed by atoms with van der Waals surface area (Å²) in [6, 6.07) is 6.64. The van der Waals surface area contributed by atoms with Crippen molar-refractivity contribution in [1.82, 2.24) is 9.97 Å². The summed E-state index contributed by atoms with van der Waals surface area (Å²) in [5.41, 5.74) is 3.98. The van der Waals surface area contributed by atoms with E-state index in [0.29, 0.717) is 5.75 Å². The van der Waals surface area contributed by atoms with Crippen LogP contribution in [0.1, 0.15) is 11.1 Å². The predicted octanol–water partition coefficient (Wildman–Crippen LogP) is 2.43. The van der Waals surface area contributed by atoms with Crippen molar-refractivity contribution < 1.29 is 4.74 Å². The van der Waals surface area contributed by atoms with E-state index in [1.807, 2.05) is 0 Å². The second-order valence-electron chi connectivity index (χ2n) is 5.69. The molecule has 0 aliphatic carbocycles. The summed E-state index contributed by atoms with van der Waals surface area (Å²) in [6.07, 6.45) is 3.44. The Labute approximate surface area is 131 Å². The zero-order valence-electron chi connectivity index (χ0n) is 13.4. The number of aryl methyl sites for hydroxylation is 2. The minimum atomic E-state index is 0.692. The monoisotopic (exact) mass is 298 g/mol. The molecule has 0 amide bonds. The molecule has 1 fully saturated rings. The topological polar surface area (TPSA) is 41.5 Å². The van der Waals surface area contributed by atoms with E-state index < -0.39 is 0 Å². The summed E-state index contributed by atoms with van der Waals surface area (Å²) >= 11 is 0. The summed E-state index contributed by atoms with van der Waals surface area (Å²) in [4.78, 5) is 13.4. The molecule has 0 N–H and O–H groups in total. The third-order valence-corrected chi connectivity index (χ3v) is 4.12. The standard InChI is InChI=1S/C17H22N4O/c1-13-4-5-14(2)16(10-13)20-6-8-21(9-7-20)17-18-11-15(22-3)12-19-17/h4-5,10-12H,6-9H2,1-3H3. The van der Waals surface area contributed by atoms with Gasteiger partial charge in [0.05, 0.1) is 19.5 Å². The Morgan fingerprint density at radius 2 is 1.59 bits per heavy atom. The van der Waals surface area contributed by atoms with Crippen molar-refractivity contribution in [2.24, 2.45) is 0 Å². The third-order valence-electron chi connectivity index (χ3n) is 4.12. The average molecular weight is 298 g/mol. The van der Waals surface area contributed by atoms with Crippen LogP contribution in [-0.4, -0.2) is 43.3 Å². The molecule has 22 heavy (non-hydrogen) atoms. The minimum absolute atomic E-state index is 0.692. The van der Waals surface area contributed by atoms with Gasteiger partial charge in [-0.1, -0.05) is 12.1 Å². The van der Waals surface area contributed by atoms with Gasteiger partial charge < -0.3 is 14.5 Å². The summed E-state index contributed by atoms with van der Waals surface area (Å²) in [6.45, 7) is 8.15. The highest BCUT2D eigenvalue weighted by Crippen LogP contribution is 2.23. The Morgan fingerprint density at radius 3 is 2.23 bits per heavy atom. The Kier molecular flexibility index (Phi) is 4.13. The normalized spacial score (nSPS) is 15.0. The van der Waals surface area contributed by atoms with E-state index in [9.17, 15) is 0 Å². The number of benzene rings is 1. The van der Waals surface area contributed by atoms with E-state index in [4.69, 9.17) is 4.74 Å². The fourth-order valence-electron chi connectivity index (χ4n) is 2.79. The first-order chi connectivity index (χ1) is 10.7. The number of hydrogen-bond acceptors (Lipinski definition) is 5. The maximum Gasteiger partial charge on any atom is 0.225 e. The number of anilines is 2. The molecule has 0 atom stereocenters. The van der Waals surface area contributed by atoms with Gasteiger partial charge in [0.2, 0.25) is 5.95 Å². The number of rotatable bonds is 3. The molecular weight excluding hydrogens is 276 g/mol. The predicted molar refractivity (Wildman–Crippen MR) is 88.9 cm³/mol. The zero-order chi connectivity index (χ0) is 15.5. The van der Waals surface area contributed by atoms with Crippen LogP contribution in [-0.2, 0) is 0 Å². The van der Waals surface area contributed by atoms with Gasteiger partial charge in [-0.2, -0.15) is 0 Å². The molecule has 0 spiro atoms. The Balaban J connectivity index is 1.68. The summed E-state index contributed by atoms with van der Waals surface area (Å²) < 4.78 is 5.10. The smallest absolute Gasteiger partial charge is 0.225 e. The van der Waals surface area contributed by atoms with Crippen molar-refractivity contribution in [2.45, 2.75) is 13.8 Å². The molecule has 2 aromatic rings. The highest BCUT2D eigenvalue weighted by molar-refractivity contribution is 5.56. The molecule has 1 aliphatic heterocycles. The number of ether oxygens (including phenoxy) is 1. The third kappa shape index (κ3) is 2.98. The molecule has 5 heteroatoms. The first-order valence-electron chi connectivity index (χ1n) is 7.60. The highest BCUT2D eigenvalue weighted by Gasteiger charge is 2.20. The largest absolute Gasteiger partial charge is 0.494 e. The lowest BCUT2D eigenvalue weighted by Crippen LogP contribution is -2.47. The zero-order valence-corrected chi connectivity index (χ0v) is 13.4. The molecule has 0 unspecified atom stereocenters. The summed E-state index contributed by atoms with van der Waals surface area (Å²) in [5, 5.41) is 0. The molecule has 5 nitrogen and oxygen atoms in total. The Morgan fingerprint density at radius 1 is 0.955 bits per heavy atom. The van der Waals surface area contributed by atoms with Gasteiger partial charge >= 0.3 is 0 Å². The van der Waals surface area contributed by atoms with Gasteiger partial charge in [-0.05, 0) is 31.0 Å². The molecule has 0 saturated carbocycles. The van der Waals surface area contributed by atoms with Gasteiger partial charge in [-0.25, -0.2) is 9.97 Å². The van der Waals surface area contributed by atoms with Crippen LogP contribution >= 0.6 is 0 Å². The number of aromatic nitrogens is 2. The fourth-order valence-corrected chi connectivity index (χ4v) is 2.79. The Hall–Kier alpha value is -2.30. The lowest BCUT2D eigenvalue weighted by molar-refractivity contribution is 0.410. The molecule has 1 saturated heterocycles. The molecule has 0 bridgehead atoms. The average Bonchev–Trinajstić information content (AvgIpc) is 2.57. The number of nitrogens with zero attached hydrogens (tertiary/aromatic N) is 4. The second kappa shape index (κ2) is 6.22. The van der Waals surface area contributed by atoms with E-state index in [0.717, 1.165) is 32.1 Å². The van der Waals surface area contributed by atoms with Crippen molar-refractivity contribution >= 4 is 11.6 Å². The lowest BCUT2D eigenvalue weighted by atomic mass is 10.1. The first kappa shape index (κ1) is 14.6. The van der Waals surface area contributed by atoms with Crippen LogP contribution in [0.15, 0.2) is 30.6 Å². The number of methoxy groups -OCH3 is 1. The van der Waals surface area contributed by atoms with Gasteiger partial charge in [0.15, 0.2) is 5.75 Å². The van der Waals surface area contributed by atoms with Crippen molar-refractivity contribution in [3.63, 3.8) is 0 Å². The van der Waals surface area contributed by atoms with Crippen molar-refractivity contribution in [2.75, 3.05) is 43.1 Å². The van der Waals surface area contributed by atoms with E-state index >= 15 is 0 Å². The van der Waals surface area contributed by atoms with Crippen LogP contribution in [0.25, 0.3) is 0 Å². The van der Waals surface area contributed by atoms with Crippen LogP contribution in [0.2, 0.25) is 0 Å². The van der Waals surface area contributed by atoms with Crippen molar-refractivity contribution in [3.8, 4) is 5.75 Å². The number of hydrogen-bond donors (Lipinski definition) is 0. The van der Waals surface area contributed by atoms with Crippen molar-refractivity contribution in [1.29, 1.82) is 0 Å². The number of piperazine rings is 1. The molecule has 1 aromatic carbocycles. The van der Waals surface area contributed by atoms with Crippen LogP contribution in [0, 0.1) is 13.8 Å². The lowest BCUT2D eigenvalue weighted by Gasteiger charge is -2.36. The van der Waals surface area contributed by atoms with E-state index in [-0.39, 0.29) is 0 Å². The Bertz CT molecular complexity index is 634. The van der Waals surface area contributed by atoms with E-state index in [2.05, 4.69) is 51.8 Å². The highest BCUT2D eigenvalue weighted by atomic mass is 16.5. The maximum absolute atomic E-state index is 5.10. The van der Waals surface area contributed by atoms with Gasteiger partial charge in [-0.3, -0.25) is 0 Å². The molecule has 1 aliphatic rings. The van der Waals surface area contributed by atoms with Crippen molar-refractivity contribution in [3.05, 3.63) is 41.7 Å². The minimum Gasteiger partial charge on any atom is -0.494 e. The van der Waals surface area contributed by atoms with Crippen LogP contribution < -0.4 is 14.5 Å². The fraction of sp³-hybridized carbons (Fsp3) is 0.412. The van der Waals surface area contributed by atoms with Gasteiger partial charge in [0.1, 0.15) is 0 Å². The first-order valence-corrected chi connectivity index (χ1v) is 7.60. The van der Waals surface area contributed by atoms with Gasteiger partial charge in [0.25, 0.3) is 0 Å². The molecule has 116 valence electrons. The SMILES string of the molecule is COc1cnc(N2CCN(c3cc(C)ccc3C)CC2)nc1.